The third-order valence-corrected chi connectivity index (χ3v) is 4.44. The normalized spacial score (nSPS) is 10.3. The molecule has 0 saturated heterocycles. The summed E-state index contributed by atoms with van der Waals surface area (Å²) in [5.41, 5.74) is 0.568. The molecule has 0 fully saturated rings. The van der Waals surface area contributed by atoms with Gasteiger partial charge in [0.05, 0.1) is 15.8 Å². The summed E-state index contributed by atoms with van der Waals surface area (Å²) in [6.07, 6.45) is 0.368. The molecule has 2 N–H and O–H groups in total. The quantitative estimate of drug-likeness (QED) is 0.738. The number of amides is 2. The van der Waals surface area contributed by atoms with E-state index >= 15 is 0 Å². The van der Waals surface area contributed by atoms with Crippen LogP contribution in [0.4, 0.5) is 11.5 Å². The van der Waals surface area contributed by atoms with Gasteiger partial charge in [0.15, 0.2) is 5.82 Å². The van der Waals surface area contributed by atoms with Gasteiger partial charge < -0.3 is 10.6 Å². The van der Waals surface area contributed by atoms with Crippen molar-refractivity contribution in [2.75, 3.05) is 16.4 Å². The highest BCUT2D eigenvalue weighted by molar-refractivity contribution is 7.99. The summed E-state index contributed by atoms with van der Waals surface area (Å²) >= 11 is 12.9. The van der Waals surface area contributed by atoms with Gasteiger partial charge in [-0.25, -0.2) is 0 Å². The van der Waals surface area contributed by atoms with Crippen LogP contribution in [0.25, 0.3) is 0 Å². The molecule has 2 rings (SSSR count). The molecule has 0 bridgehead atoms. The molecule has 0 aliphatic carbocycles. The van der Waals surface area contributed by atoms with Crippen LogP contribution in [0.15, 0.2) is 35.4 Å². The second-order valence-electron chi connectivity index (χ2n) is 4.62. The molecule has 1 aromatic carbocycles. The maximum absolute atomic E-state index is 11.9. The number of anilines is 2. The van der Waals surface area contributed by atoms with Crippen molar-refractivity contribution in [3.8, 4) is 0 Å². The fourth-order valence-electron chi connectivity index (χ4n) is 1.61. The Hall–Kier alpha value is -1.83. The van der Waals surface area contributed by atoms with Crippen molar-refractivity contribution < 1.29 is 9.59 Å². The lowest BCUT2D eigenvalue weighted by atomic mass is 10.3. The Morgan fingerprint density at radius 1 is 1.04 bits per heavy atom. The molecule has 0 unspecified atom stereocenters. The van der Waals surface area contributed by atoms with Crippen molar-refractivity contribution in [3.63, 3.8) is 0 Å². The number of hydrogen-bond donors (Lipinski definition) is 2. The average molecular weight is 385 g/mol. The number of aromatic nitrogens is 2. The first kappa shape index (κ1) is 18.5. The molecule has 0 aliphatic heterocycles. The predicted octanol–water partition coefficient (Wildman–Crippen LogP) is 3.86. The minimum absolute atomic E-state index is 0.134. The Balaban J connectivity index is 1.85. The van der Waals surface area contributed by atoms with Crippen molar-refractivity contribution in [2.24, 2.45) is 0 Å². The molecule has 2 amide bonds. The van der Waals surface area contributed by atoms with Crippen LogP contribution in [-0.2, 0) is 9.59 Å². The summed E-state index contributed by atoms with van der Waals surface area (Å²) in [6, 6.07) is 8.19. The average Bonchev–Trinajstić information content (AvgIpc) is 2.57. The number of nitrogens with one attached hydrogen (secondary N) is 2. The van der Waals surface area contributed by atoms with Gasteiger partial charge in [-0.1, -0.05) is 41.9 Å². The Bertz CT molecular complexity index is 741. The first-order chi connectivity index (χ1) is 11.5. The van der Waals surface area contributed by atoms with Crippen LogP contribution in [0, 0.1) is 0 Å². The van der Waals surface area contributed by atoms with E-state index in [2.05, 4.69) is 20.8 Å². The van der Waals surface area contributed by atoms with E-state index in [1.54, 1.807) is 37.3 Å². The van der Waals surface area contributed by atoms with E-state index in [-0.39, 0.29) is 17.6 Å². The zero-order chi connectivity index (χ0) is 17.5. The minimum Gasteiger partial charge on any atom is -0.325 e. The summed E-state index contributed by atoms with van der Waals surface area (Å²) in [5, 5.41) is 14.5. The fraction of sp³-hybridized carbons (Fsp3) is 0.200. The van der Waals surface area contributed by atoms with E-state index < -0.39 is 0 Å². The molecule has 2 aromatic rings. The molecule has 0 atom stereocenters. The Morgan fingerprint density at radius 2 is 1.83 bits per heavy atom. The van der Waals surface area contributed by atoms with Gasteiger partial charge in [0.1, 0.15) is 5.03 Å². The van der Waals surface area contributed by atoms with Crippen molar-refractivity contribution in [1.29, 1.82) is 0 Å². The van der Waals surface area contributed by atoms with Gasteiger partial charge in [-0.2, -0.15) is 0 Å². The summed E-state index contributed by atoms with van der Waals surface area (Å²) in [4.78, 5) is 23.2. The third-order valence-electron chi connectivity index (χ3n) is 2.78. The lowest BCUT2D eigenvalue weighted by molar-refractivity contribution is -0.116. The first-order valence-corrected chi connectivity index (χ1v) is 8.73. The van der Waals surface area contributed by atoms with Crippen LogP contribution >= 0.6 is 35.0 Å². The number of hydrogen-bond acceptors (Lipinski definition) is 5. The smallest absolute Gasteiger partial charge is 0.234 e. The summed E-state index contributed by atoms with van der Waals surface area (Å²) in [5.74, 6) is 0.205. The van der Waals surface area contributed by atoms with Gasteiger partial charge in [0, 0.05) is 12.1 Å². The van der Waals surface area contributed by atoms with E-state index in [9.17, 15) is 9.59 Å². The highest BCUT2D eigenvalue weighted by Gasteiger charge is 2.07. The zero-order valence-electron chi connectivity index (χ0n) is 12.7. The second kappa shape index (κ2) is 8.86. The van der Waals surface area contributed by atoms with E-state index in [4.69, 9.17) is 23.2 Å². The van der Waals surface area contributed by atoms with Crippen LogP contribution in [0.1, 0.15) is 13.3 Å². The lowest BCUT2D eigenvalue weighted by Gasteiger charge is -2.06. The van der Waals surface area contributed by atoms with E-state index in [0.717, 1.165) is 0 Å². The standard InChI is InChI=1S/C15H14Cl2N4O2S/c1-2-13(22)19-12-5-6-15(21-20-12)24-8-14(23)18-9-3-4-10(16)11(17)7-9/h3-7H,2,8H2,1H3,(H,18,23)(H,19,20,22). The van der Waals surface area contributed by atoms with Crippen LogP contribution in [0.5, 0.6) is 0 Å². The molecule has 0 spiro atoms. The maximum Gasteiger partial charge on any atom is 0.234 e. The van der Waals surface area contributed by atoms with E-state index in [1.807, 2.05) is 0 Å². The van der Waals surface area contributed by atoms with Crippen LogP contribution in [-0.4, -0.2) is 27.8 Å². The molecular weight excluding hydrogens is 371 g/mol. The molecule has 9 heteroatoms. The van der Waals surface area contributed by atoms with Crippen molar-refractivity contribution in [3.05, 3.63) is 40.4 Å². The molecule has 0 saturated carbocycles. The largest absolute Gasteiger partial charge is 0.325 e. The molecular formula is C15H14Cl2N4O2S. The van der Waals surface area contributed by atoms with Crippen molar-refractivity contribution >= 4 is 58.3 Å². The van der Waals surface area contributed by atoms with Gasteiger partial charge in [-0.05, 0) is 30.3 Å². The van der Waals surface area contributed by atoms with Gasteiger partial charge in [0.25, 0.3) is 0 Å². The van der Waals surface area contributed by atoms with Gasteiger partial charge in [-0.15, -0.1) is 10.2 Å². The van der Waals surface area contributed by atoms with Crippen molar-refractivity contribution in [2.45, 2.75) is 18.4 Å². The predicted molar refractivity (Wildman–Crippen MR) is 96.8 cm³/mol. The number of carbonyl (C=O) groups excluding carboxylic acids is 2. The number of thioether (sulfide) groups is 1. The Labute approximate surface area is 153 Å². The Kier molecular flexibility index (Phi) is 6.84. The zero-order valence-corrected chi connectivity index (χ0v) is 15.0. The number of benzene rings is 1. The summed E-state index contributed by atoms with van der Waals surface area (Å²) in [7, 11) is 0. The summed E-state index contributed by atoms with van der Waals surface area (Å²) in [6.45, 7) is 1.75. The summed E-state index contributed by atoms with van der Waals surface area (Å²) < 4.78 is 0. The van der Waals surface area contributed by atoms with Gasteiger partial charge in [0.2, 0.25) is 11.8 Å². The van der Waals surface area contributed by atoms with Crippen LogP contribution < -0.4 is 10.6 Å². The third kappa shape index (κ3) is 5.67. The highest BCUT2D eigenvalue weighted by Crippen LogP contribution is 2.25. The topological polar surface area (TPSA) is 84.0 Å². The maximum atomic E-state index is 11.9. The molecule has 24 heavy (non-hydrogen) atoms. The number of carbonyl (C=O) groups is 2. The van der Waals surface area contributed by atoms with Gasteiger partial charge in [-0.3, -0.25) is 9.59 Å². The fourth-order valence-corrected chi connectivity index (χ4v) is 2.52. The van der Waals surface area contributed by atoms with E-state index in [1.165, 1.54) is 11.8 Å². The van der Waals surface area contributed by atoms with Crippen LogP contribution in [0.3, 0.4) is 0 Å². The molecule has 1 heterocycles. The molecule has 0 aliphatic rings. The monoisotopic (exact) mass is 384 g/mol. The first-order valence-electron chi connectivity index (χ1n) is 6.99. The minimum atomic E-state index is -0.205. The lowest BCUT2D eigenvalue weighted by Crippen LogP contribution is -2.14. The van der Waals surface area contributed by atoms with Gasteiger partial charge >= 0.3 is 0 Å². The molecule has 6 nitrogen and oxygen atoms in total. The number of nitrogens with zero attached hydrogens (tertiary/aromatic N) is 2. The SMILES string of the molecule is CCC(=O)Nc1ccc(SCC(=O)Nc2ccc(Cl)c(Cl)c2)nn1. The number of halogens is 2. The second-order valence-corrected chi connectivity index (χ2v) is 6.43. The Morgan fingerprint density at radius 3 is 2.46 bits per heavy atom. The number of rotatable bonds is 6. The molecule has 0 radical (unpaired) electrons. The van der Waals surface area contributed by atoms with E-state index in [0.29, 0.717) is 33.0 Å². The van der Waals surface area contributed by atoms with Crippen LogP contribution in [0.2, 0.25) is 10.0 Å². The highest BCUT2D eigenvalue weighted by atomic mass is 35.5. The molecule has 1 aromatic heterocycles. The molecule has 126 valence electrons. The van der Waals surface area contributed by atoms with Crippen molar-refractivity contribution in [1.82, 2.24) is 10.2 Å².